The fourth-order valence-corrected chi connectivity index (χ4v) is 6.34. The van der Waals surface area contributed by atoms with Crippen LogP contribution in [0.4, 0.5) is 10.3 Å². The first-order valence-electron chi connectivity index (χ1n) is 10.5. The van der Waals surface area contributed by atoms with Crippen LogP contribution in [0.15, 0.2) is 29.5 Å². The molecule has 0 aliphatic rings. The maximum Gasteiger partial charge on any atom is 0.318 e. The molecule has 0 aromatic carbocycles. The molecular weight excluding hydrogens is 645 g/mol. The number of aromatic nitrogens is 2. The van der Waals surface area contributed by atoms with E-state index in [9.17, 15) is 16.8 Å². The van der Waals surface area contributed by atoms with Crippen molar-refractivity contribution in [2.24, 2.45) is 63.5 Å². The molecule has 40 heavy (non-hydrogen) atoms. The number of rotatable bonds is 14. The predicted octanol–water partition coefficient (Wildman–Crippen LogP) is -1.54. The van der Waals surface area contributed by atoms with E-state index in [-0.39, 0.29) is 23.6 Å². The molecule has 2 aromatic heterocycles. The molecule has 0 radical (unpaired) electrons. The average molecular weight is 675 g/mol. The molecule has 2 aromatic rings. The van der Waals surface area contributed by atoms with Gasteiger partial charge in [-0.1, -0.05) is 0 Å². The molecule has 0 saturated heterocycles. The van der Waals surface area contributed by atoms with Gasteiger partial charge in [0, 0.05) is 46.6 Å². The van der Waals surface area contributed by atoms with Gasteiger partial charge < -0.3 is 34.4 Å². The number of nitrogens with zero attached hydrogens (tertiary/aromatic N) is 6. The van der Waals surface area contributed by atoms with Gasteiger partial charge in [0.15, 0.2) is 11.9 Å². The fourth-order valence-electron chi connectivity index (χ4n) is 2.17. The Hall–Kier alpha value is -2.74. The van der Waals surface area contributed by atoms with E-state index < -0.39 is 20.4 Å². The second-order valence-electron chi connectivity index (χ2n) is 7.12. The molecule has 0 atom stereocenters. The lowest BCUT2D eigenvalue weighted by atomic mass is 10.5. The highest BCUT2D eigenvalue weighted by atomic mass is 32.2. The third kappa shape index (κ3) is 18.5. The molecule has 0 fully saturated rings. The number of nitrogens with two attached hydrogens (primary N) is 8. The van der Waals surface area contributed by atoms with Gasteiger partial charge in [-0.05, 0) is 0 Å². The van der Waals surface area contributed by atoms with Crippen LogP contribution < -0.4 is 44.7 Å². The van der Waals surface area contributed by atoms with Crippen molar-refractivity contribution in [2.75, 3.05) is 11.5 Å². The van der Waals surface area contributed by atoms with Crippen molar-refractivity contribution in [3.8, 4) is 0 Å². The number of thioether (sulfide) groups is 2. The molecular formula is C16H30N14O4S6. The molecule has 224 valence electrons. The van der Waals surface area contributed by atoms with Crippen LogP contribution >= 0.6 is 46.2 Å². The number of thiazole rings is 2. The summed E-state index contributed by atoms with van der Waals surface area (Å²) in [4.78, 5) is 16.1. The zero-order chi connectivity index (χ0) is 30.3. The van der Waals surface area contributed by atoms with Crippen molar-refractivity contribution in [1.82, 2.24) is 9.97 Å². The molecule has 0 saturated carbocycles. The third-order valence-corrected chi connectivity index (χ3v) is 8.05. The zero-order valence-corrected chi connectivity index (χ0v) is 25.7. The van der Waals surface area contributed by atoms with Crippen molar-refractivity contribution >= 4 is 100 Å². The van der Waals surface area contributed by atoms with Gasteiger partial charge in [0.25, 0.3) is 0 Å². The van der Waals surface area contributed by atoms with Gasteiger partial charge in [-0.3, -0.25) is 0 Å². The van der Waals surface area contributed by atoms with Gasteiger partial charge in [-0.15, -0.1) is 31.5 Å². The SMILES string of the molecule is NC(N)=Nc1nc(CSCCC(N)=NS(N)(=O)=O)cs1.NC(N)=Nc1nc(CSCCC(N)=NS(N)(=O)=O)cs1. The van der Waals surface area contributed by atoms with E-state index in [4.69, 9.17) is 44.7 Å². The van der Waals surface area contributed by atoms with Gasteiger partial charge >= 0.3 is 20.4 Å². The van der Waals surface area contributed by atoms with Crippen molar-refractivity contribution in [3.63, 3.8) is 0 Å². The monoisotopic (exact) mass is 674 g/mol. The quantitative estimate of drug-likeness (QED) is 0.0640. The summed E-state index contributed by atoms with van der Waals surface area (Å²) in [5.74, 6) is 2.37. The summed E-state index contributed by atoms with van der Waals surface area (Å²) < 4.78 is 48.9. The van der Waals surface area contributed by atoms with Crippen LogP contribution in [0.3, 0.4) is 0 Å². The Balaban J connectivity index is 0.000000400. The highest BCUT2D eigenvalue weighted by Gasteiger charge is 2.05. The van der Waals surface area contributed by atoms with Crippen LogP contribution in [0, 0.1) is 0 Å². The minimum Gasteiger partial charge on any atom is -0.386 e. The highest BCUT2D eigenvalue weighted by Crippen LogP contribution is 2.23. The Kier molecular flexibility index (Phi) is 15.1. The second-order valence-corrected chi connectivity index (χ2v) is 13.4. The van der Waals surface area contributed by atoms with Crippen LogP contribution in [-0.4, -0.2) is 61.9 Å². The number of guanidine groups is 2. The fraction of sp³-hybridized carbons (Fsp3) is 0.375. The van der Waals surface area contributed by atoms with E-state index in [1.807, 2.05) is 10.8 Å². The van der Waals surface area contributed by atoms with Crippen molar-refractivity contribution in [2.45, 2.75) is 24.3 Å². The summed E-state index contributed by atoms with van der Waals surface area (Å²) in [6.07, 6.45) is 0.651. The van der Waals surface area contributed by atoms with Crippen LogP contribution in [0.1, 0.15) is 24.2 Å². The second kappa shape index (κ2) is 17.2. The number of hydrogen-bond donors (Lipinski definition) is 8. The third-order valence-electron chi connectivity index (χ3n) is 3.52. The van der Waals surface area contributed by atoms with Crippen LogP contribution in [0.25, 0.3) is 0 Å². The minimum absolute atomic E-state index is 0.0144. The first-order valence-corrected chi connectivity index (χ1v) is 17.6. The topological polar surface area (TPSA) is 352 Å². The molecule has 0 unspecified atom stereocenters. The zero-order valence-electron chi connectivity index (χ0n) is 20.8. The lowest BCUT2D eigenvalue weighted by Crippen LogP contribution is -2.21. The van der Waals surface area contributed by atoms with E-state index in [0.29, 0.717) is 46.1 Å². The average Bonchev–Trinajstić information content (AvgIpc) is 3.40. The Morgan fingerprint density at radius 3 is 1.35 bits per heavy atom. The lowest BCUT2D eigenvalue weighted by molar-refractivity contribution is 0.597. The molecule has 2 heterocycles. The van der Waals surface area contributed by atoms with E-state index in [1.165, 1.54) is 46.2 Å². The lowest BCUT2D eigenvalue weighted by Gasteiger charge is -1.99. The summed E-state index contributed by atoms with van der Waals surface area (Å²) in [5.41, 5.74) is 33.5. The summed E-state index contributed by atoms with van der Waals surface area (Å²) in [5, 5.41) is 14.1. The number of aliphatic imine (C=N–C) groups is 2. The normalized spacial score (nSPS) is 12.3. The minimum atomic E-state index is -3.92. The summed E-state index contributed by atoms with van der Waals surface area (Å²) in [6.45, 7) is 0. The van der Waals surface area contributed by atoms with Crippen LogP contribution in [0.5, 0.6) is 0 Å². The Morgan fingerprint density at radius 2 is 1.05 bits per heavy atom. The predicted molar refractivity (Wildman–Crippen MR) is 166 cm³/mol. The molecule has 18 nitrogen and oxygen atoms in total. The summed E-state index contributed by atoms with van der Waals surface area (Å²) in [6, 6.07) is 0. The number of hydrogen-bond acceptors (Lipinski definition) is 12. The van der Waals surface area contributed by atoms with Gasteiger partial charge in [0.05, 0.1) is 11.4 Å². The standard InChI is InChI=1S/2C8H15N7O2S3/c2*9-6(15-20(12,16)17)1-2-18-3-5-4-19-8(13-5)14-7(10)11/h2*4H,1-3H2,(H2,9,15)(H2,12,16,17)(H4,10,11,13,14). The Bertz CT molecular complexity index is 1310. The van der Waals surface area contributed by atoms with E-state index in [1.54, 1.807) is 0 Å². The van der Waals surface area contributed by atoms with Gasteiger partial charge in [-0.25, -0.2) is 20.2 Å². The van der Waals surface area contributed by atoms with Gasteiger partial charge in [-0.2, -0.15) is 50.3 Å². The maximum atomic E-state index is 10.6. The van der Waals surface area contributed by atoms with Crippen LogP contribution in [-0.2, 0) is 31.9 Å². The van der Waals surface area contributed by atoms with Gasteiger partial charge in [0.2, 0.25) is 10.3 Å². The van der Waals surface area contributed by atoms with Crippen molar-refractivity contribution in [3.05, 3.63) is 22.1 Å². The van der Waals surface area contributed by atoms with Gasteiger partial charge in [0.1, 0.15) is 11.7 Å². The van der Waals surface area contributed by atoms with Crippen LogP contribution in [0.2, 0.25) is 0 Å². The summed E-state index contributed by atoms with van der Waals surface area (Å²) in [7, 11) is -7.83. The molecule has 16 N–H and O–H groups in total. The maximum absolute atomic E-state index is 10.6. The van der Waals surface area contributed by atoms with E-state index >= 15 is 0 Å². The van der Waals surface area contributed by atoms with E-state index in [2.05, 4.69) is 28.7 Å². The first-order chi connectivity index (χ1) is 18.5. The smallest absolute Gasteiger partial charge is 0.318 e. The molecule has 0 aliphatic carbocycles. The first kappa shape index (κ1) is 35.3. The molecule has 0 spiro atoms. The molecule has 0 amide bonds. The molecule has 2 rings (SSSR count). The highest BCUT2D eigenvalue weighted by molar-refractivity contribution is 7.98. The summed E-state index contributed by atoms with van der Waals surface area (Å²) >= 11 is 5.73. The largest absolute Gasteiger partial charge is 0.386 e. The molecule has 24 heteroatoms. The number of amidine groups is 2. The van der Waals surface area contributed by atoms with Crippen molar-refractivity contribution in [1.29, 1.82) is 0 Å². The molecule has 0 bridgehead atoms. The Morgan fingerprint density at radius 1 is 0.700 bits per heavy atom. The van der Waals surface area contributed by atoms with Crippen molar-refractivity contribution < 1.29 is 16.8 Å². The Labute approximate surface area is 247 Å². The van der Waals surface area contributed by atoms with E-state index in [0.717, 1.165) is 11.4 Å². The molecule has 0 aliphatic heterocycles.